The number of thiophene rings is 1. The summed E-state index contributed by atoms with van der Waals surface area (Å²) in [5.74, 6) is 0. The Balaban J connectivity index is 1.89. The van der Waals surface area contributed by atoms with Gasteiger partial charge in [-0.1, -0.05) is 19.3 Å². The van der Waals surface area contributed by atoms with Gasteiger partial charge in [-0.25, -0.2) is 0 Å². The number of rotatable bonds is 6. The SMILES string of the molecule is Cc1ccc(CCC2(CCNC(C)(C)C)CCCCC2)s1. The zero-order valence-electron chi connectivity index (χ0n) is 14.4. The molecule has 21 heavy (non-hydrogen) atoms. The molecule has 0 saturated heterocycles. The van der Waals surface area contributed by atoms with E-state index in [2.05, 4.69) is 45.1 Å². The quantitative estimate of drug-likeness (QED) is 0.709. The molecule has 0 radical (unpaired) electrons. The maximum Gasteiger partial charge on any atom is 0.00965 e. The fourth-order valence-electron chi connectivity index (χ4n) is 3.64. The van der Waals surface area contributed by atoms with Gasteiger partial charge in [-0.05, 0) is 83.9 Å². The molecule has 1 nitrogen and oxygen atoms in total. The van der Waals surface area contributed by atoms with Crippen LogP contribution in [0.4, 0.5) is 0 Å². The molecule has 0 unspecified atom stereocenters. The summed E-state index contributed by atoms with van der Waals surface area (Å²) in [6.45, 7) is 10.2. The van der Waals surface area contributed by atoms with Gasteiger partial charge < -0.3 is 5.32 Å². The van der Waals surface area contributed by atoms with Crippen molar-refractivity contribution in [2.24, 2.45) is 5.41 Å². The summed E-state index contributed by atoms with van der Waals surface area (Å²) < 4.78 is 0. The second-order valence-electron chi connectivity index (χ2n) is 8.00. The highest BCUT2D eigenvalue weighted by atomic mass is 32.1. The molecule has 0 aromatic carbocycles. The molecule has 1 saturated carbocycles. The Kier molecular flexibility index (Phi) is 5.90. The minimum atomic E-state index is 0.251. The van der Waals surface area contributed by atoms with E-state index in [4.69, 9.17) is 0 Å². The molecule has 1 fully saturated rings. The Morgan fingerprint density at radius 1 is 1.10 bits per heavy atom. The highest BCUT2D eigenvalue weighted by Gasteiger charge is 2.31. The predicted octanol–water partition coefficient (Wildman–Crippen LogP) is 5.72. The van der Waals surface area contributed by atoms with Crippen molar-refractivity contribution < 1.29 is 0 Å². The van der Waals surface area contributed by atoms with Crippen molar-refractivity contribution >= 4 is 11.3 Å². The second kappa shape index (κ2) is 7.28. The van der Waals surface area contributed by atoms with Crippen LogP contribution >= 0.6 is 11.3 Å². The summed E-state index contributed by atoms with van der Waals surface area (Å²) in [4.78, 5) is 3.04. The summed E-state index contributed by atoms with van der Waals surface area (Å²) in [5.41, 5.74) is 0.856. The van der Waals surface area contributed by atoms with E-state index < -0.39 is 0 Å². The molecule has 0 spiro atoms. The lowest BCUT2D eigenvalue weighted by molar-refractivity contribution is 0.153. The lowest BCUT2D eigenvalue weighted by atomic mass is 9.69. The van der Waals surface area contributed by atoms with E-state index in [0.29, 0.717) is 5.41 Å². The first-order valence-electron chi connectivity index (χ1n) is 8.69. The van der Waals surface area contributed by atoms with Gasteiger partial charge in [-0.2, -0.15) is 0 Å². The minimum Gasteiger partial charge on any atom is -0.312 e. The Bertz CT molecular complexity index is 421. The van der Waals surface area contributed by atoms with Crippen LogP contribution in [0.2, 0.25) is 0 Å². The predicted molar refractivity (Wildman–Crippen MR) is 95.3 cm³/mol. The van der Waals surface area contributed by atoms with Crippen molar-refractivity contribution in [2.75, 3.05) is 6.54 Å². The molecule has 1 aliphatic rings. The molecule has 1 aliphatic carbocycles. The molecule has 1 aromatic heterocycles. The maximum atomic E-state index is 3.70. The van der Waals surface area contributed by atoms with Gasteiger partial charge in [0.2, 0.25) is 0 Å². The van der Waals surface area contributed by atoms with Crippen molar-refractivity contribution in [2.45, 2.75) is 84.6 Å². The Morgan fingerprint density at radius 2 is 1.81 bits per heavy atom. The number of hydrogen-bond acceptors (Lipinski definition) is 2. The van der Waals surface area contributed by atoms with Gasteiger partial charge in [-0.15, -0.1) is 11.3 Å². The molecule has 0 aliphatic heterocycles. The van der Waals surface area contributed by atoms with Gasteiger partial charge in [0.15, 0.2) is 0 Å². The molecule has 120 valence electrons. The van der Waals surface area contributed by atoms with E-state index in [1.54, 1.807) is 4.88 Å². The molecule has 2 rings (SSSR count). The summed E-state index contributed by atoms with van der Waals surface area (Å²) in [6.07, 6.45) is 11.3. The Labute approximate surface area is 135 Å². The molecule has 1 aromatic rings. The third-order valence-electron chi connectivity index (χ3n) is 4.92. The van der Waals surface area contributed by atoms with E-state index in [0.717, 1.165) is 0 Å². The molecule has 0 atom stereocenters. The lowest BCUT2D eigenvalue weighted by Gasteiger charge is -2.38. The van der Waals surface area contributed by atoms with Crippen LogP contribution < -0.4 is 5.32 Å². The van der Waals surface area contributed by atoms with Crippen molar-refractivity contribution in [3.63, 3.8) is 0 Å². The lowest BCUT2D eigenvalue weighted by Crippen LogP contribution is -2.39. The molecule has 2 heteroatoms. The second-order valence-corrected chi connectivity index (χ2v) is 9.37. The van der Waals surface area contributed by atoms with Crippen LogP contribution in [0.15, 0.2) is 12.1 Å². The highest BCUT2D eigenvalue weighted by molar-refractivity contribution is 7.11. The van der Waals surface area contributed by atoms with Crippen LogP contribution in [0.25, 0.3) is 0 Å². The molecule has 0 bridgehead atoms. The van der Waals surface area contributed by atoms with Crippen LogP contribution in [-0.4, -0.2) is 12.1 Å². The number of aryl methyl sites for hydroxylation is 2. The van der Waals surface area contributed by atoms with Crippen molar-refractivity contribution in [3.8, 4) is 0 Å². The summed E-state index contributed by atoms with van der Waals surface area (Å²) >= 11 is 1.99. The first-order valence-corrected chi connectivity index (χ1v) is 9.51. The minimum absolute atomic E-state index is 0.251. The molecule has 0 amide bonds. The Morgan fingerprint density at radius 3 is 2.38 bits per heavy atom. The van der Waals surface area contributed by atoms with E-state index in [9.17, 15) is 0 Å². The monoisotopic (exact) mass is 307 g/mol. The standard InChI is InChI=1S/C19H33NS/c1-16-8-9-17(21-16)10-13-19(11-6-5-7-12-19)14-15-20-18(2,3)4/h8-9,20H,5-7,10-15H2,1-4H3. The Hall–Kier alpha value is -0.340. The van der Waals surface area contributed by atoms with E-state index in [1.165, 1.54) is 62.8 Å². The zero-order chi connectivity index (χ0) is 15.3. The smallest absolute Gasteiger partial charge is 0.00965 e. The van der Waals surface area contributed by atoms with E-state index in [-0.39, 0.29) is 5.54 Å². The third-order valence-corrected chi connectivity index (χ3v) is 5.98. The van der Waals surface area contributed by atoms with Crippen LogP contribution in [0.5, 0.6) is 0 Å². The van der Waals surface area contributed by atoms with Gasteiger partial charge in [0.05, 0.1) is 0 Å². The fourth-order valence-corrected chi connectivity index (χ4v) is 4.53. The summed E-state index contributed by atoms with van der Waals surface area (Å²) in [6, 6.07) is 4.61. The summed E-state index contributed by atoms with van der Waals surface area (Å²) in [5, 5.41) is 3.70. The van der Waals surface area contributed by atoms with Gasteiger partial charge >= 0.3 is 0 Å². The fraction of sp³-hybridized carbons (Fsp3) is 0.789. The molecule has 1 heterocycles. The maximum absolute atomic E-state index is 3.70. The normalized spacial score (nSPS) is 18.9. The number of nitrogens with one attached hydrogen (secondary N) is 1. The summed E-state index contributed by atoms with van der Waals surface area (Å²) in [7, 11) is 0. The van der Waals surface area contributed by atoms with Gasteiger partial charge in [-0.3, -0.25) is 0 Å². The molecular formula is C19H33NS. The van der Waals surface area contributed by atoms with Crippen molar-refractivity contribution in [1.82, 2.24) is 5.32 Å². The number of hydrogen-bond donors (Lipinski definition) is 1. The van der Waals surface area contributed by atoms with Crippen molar-refractivity contribution in [1.29, 1.82) is 0 Å². The largest absolute Gasteiger partial charge is 0.312 e. The van der Waals surface area contributed by atoms with Gasteiger partial charge in [0.25, 0.3) is 0 Å². The van der Waals surface area contributed by atoms with E-state index in [1.807, 2.05) is 11.3 Å². The zero-order valence-corrected chi connectivity index (χ0v) is 15.2. The average molecular weight is 308 g/mol. The highest BCUT2D eigenvalue weighted by Crippen LogP contribution is 2.43. The van der Waals surface area contributed by atoms with Crippen LogP contribution in [0, 0.1) is 12.3 Å². The van der Waals surface area contributed by atoms with Gasteiger partial charge in [0, 0.05) is 15.3 Å². The van der Waals surface area contributed by atoms with Crippen LogP contribution in [-0.2, 0) is 6.42 Å². The van der Waals surface area contributed by atoms with Crippen LogP contribution in [0.1, 0.15) is 75.5 Å². The molecule has 1 N–H and O–H groups in total. The van der Waals surface area contributed by atoms with Crippen LogP contribution in [0.3, 0.4) is 0 Å². The first-order chi connectivity index (χ1) is 9.89. The molecular weight excluding hydrogens is 274 g/mol. The van der Waals surface area contributed by atoms with Crippen molar-refractivity contribution in [3.05, 3.63) is 21.9 Å². The average Bonchev–Trinajstić information content (AvgIpc) is 2.82. The topological polar surface area (TPSA) is 12.0 Å². The first kappa shape index (κ1) is 17.0. The third kappa shape index (κ3) is 5.75. The van der Waals surface area contributed by atoms with Gasteiger partial charge in [0.1, 0.15) is 0 Å². The van der Waals surface area contributed by atoms with E-state index >= 15 is 0 Å².